The number of benzene rings is 1. The number of carbonyl (C=O) groups is 1. The first kappa shape index (κ1) is 15.8. The number of ether oxygens (including phenoxy) is 1. The Morgan fingerprint density at radius 3 is 3.14 bits per heavy atom. The highest BCUT2D eigenvalue weighted by Crippen LogP contribution is 2.12. The van der Waals surface area contributed by atoms with Gasteiger partial charge in [0.05, 0.1) is 0 Å². The van der Waals surface area contributed by atoms with Crippen molar-refractivity contribution in [1.82, 2.24) is 10.6 Å². The zero-order valence-electron chi connectivity index (χ0n) is 12.5. The van der Waals surface area contributed by atoms with Gasteiger partial charge in [-0.3, -0.25) is 4.79 Å². The van der Waals surface area contributed by atoms with E-state index in [9.17, 15) is 9.90 Å². The molecule has 5 nitrogen and oxygen atoms in total. The Balaban J connectivity index is 1.62. The predicted molar refractivity (Wildman–Crippen MR) is 81.3 cm³/mol. The molecule has 1 amide bonds. The SMILES string of the molecule is Cc1cccc(OCC(O)CNC(=O)CC2CCCN2)c1. The number of amides is 1. The minimum atomic E-state index is -0.703. The summed E-state index contributed by atoms with van der Waals surface area (Å²) in [5.41, 5.74) is 1.11. The fraction of sp³-hybridized carbons (Fsp3) is 0.562. The maximum absolute atomic E-state index is 11.7. The third kappa shape index (κ3) is 5.73. The van der Waals surface area contributed by atoms with Gasteiger partial charge in [-0.2, -0.15) is 0 Å². The summed E-state index contributed by atoms with van der Waals surface area (Å²) in [5.74, 6) is 0.708. The summed E-state index contributed by atoms with van der Waals surface area (Å²) in [6.07, 6.45) is 1.95. The summed E-state index contributed by atoms with van der Waals surface area (Å²) < 4.78 is 5.50. The fourth-order valence-corrected chi connectivity index (χ4v) is 2.42. The van der Waals surface area contributed by atoms with Gasteiger partial charge >= 0.3 is 0 Å². The van der Waals surface area contributed by atoms with Crippen LogP contribution >= 0.6 is 0 Å². The third-order valence-electron chi connectivity index (χ3n) is 3.56. The van der Waals surface area contributed by atoms with E-state index >= 15 is 0 Å². The topological polar surface area (TPSA) is 70.6 Å². The molecule has 116 valence electrons. The zero-order chi connectivity index (χ0) is 15.1. The first-order valence-electron chi connectivity index (χ1n) is 7.51. The number of nitrogens with one attached hydrogen (secondary N) is 2. The Bertz CT molecular complexity index is 459. The van der Waals surface area contributed by atoms with Crippen molar-refractivity contribution in [2.24, 2.45) is 0 Å². The zero-order valence-corrected chi connectivity index (χ0v) is 12.5. The standard InChI is InChI=1S/C16H24N2O3/c1-12-4-2-6-15(8-12)21-11-14(19)10-18-16(20)9-13-5-3-7-17-13/h2,4,6,8,13-14,17,19H,3,5,7,9-11H2,1H3,(H,18,20). The summed E-state index contributed by atoms with van der Waals surface area (Å²) >= 11 is 0. The molecule has 2 unspecified atom stereocenters. The Labute approximate surface area is 125 Å². The molecule has 0 bridgehead atoms. The molecule has 0 saturated carbocycles. The van der Waals surface area contributed by atoms with Crippen molar-refractivity contribution in [3.8, 4) is 5.75 Å². The largest absolute Gasteiger partial charge is 0.491 e. The van der Waals surface area contributed by atoms with Gasteiger partial charge in [-0.1, -0.05) is 12.1 Å². The lowest BCUT2D eigenvalue weighted by Crippen LogP contribution is -2.38. The number of rotatable bonds is 7. The summed E-state index contributed by atoms with van der Waals surface area (Å²) in [7, 11) is 0. The van der Waals surface area contributed by atoms with Gasteiger partial charge in [0, 0.05) is 19.0 Å². The molecule has 1 fully saturated rings. The molecule has 1 aliphatic rings. The lowest BCUT2D eigenvalue weighted by molar-refractivity contribution is -0.122. The number of carbonyl (C=O) groups excluding carboxylic acids is 1. The van der Waals surface area contributed by atoms with E-state index in [0.29, 0.717) is 6.42 Å². The predicted octanol–water partition coefficient (Wildman–Crippen LogP) is 0.993. The molecular formula is C16H24N2O3. The Hall–Kier alpha value is -1.59. The van der Waals surface area contributed by atoms with Crippen LogP contribution in [0, 0.1) is 6.92 Å². The van der Waals surface area contributed by atoms with Gasteiger partial charge in [-0.25, -0.2) is 0 Å². The van der Waals surface area contributed by atoms with Crippen LogP contribution in [0.5, 0.6) is 5.75 Å². The highest BCUT2D eigenvalue weighted by atomic mass is 16.5. The van der Waals surface area contributed by atoms with E-state index in [1.54, 1.807) is 0 Å². The first-order valence-corrected chi connectivity index (χ1v) is 7.51. The second-order valence-corrected chi connectivity index (χ2v) is 5.58. The third-order valence-corrected chi connectivity index (χ3v) is 3.56. The molecule has 1 aromatic carbocycles. The molecule has 0 aromatic heterocycles. The van der Waals surface area contributed by atoms with Crippen molar-refractivity contribution in [2.45, 2.75) is 38.3 Å². The Morgan fingerprint density at radius 2 is 2.43 bits per heavy atom. The quantitative estimate of drug-likeness (QED) is 0.701. The Kier molecular flexibility index (Phi) is 6.02. The minimum absolute atomic E-state index is 0.0241. The number of hydrogen-bond acceptors (Lipinski definition) is 4. The van der Waals surface area contributed by atoms with Gasteiger partial charge in [-0.05, 0) is 44.0 Å². The van der Waals surface area contributed by atoms with E-state index in [-0.39, 0.29) is 25.1 Å². The second kappa shape index (κ2) is 8.00. The highest BCUT2D eigenvalue weighted by molar-refractivity contribution is 5.76. The van der Waals surface area contributed by atoms with E-state index in [1.165, 1.54) is 0 Å². The van der Waals surface area contributed by atoms with Crippen molar-refractivity contribution >= 4 is 5.91 Å². The number of aryl methyl sites for hydroxylation is 1. The summed E-state index contributed by atoms with van der Waals surface area (Å²) in [4.78, 5) is 11.7. The normalized spacial score (nSPS) is 19.2. The van der Waals surface area contributed by atoms with Crippen LogP contribution in [0.1, 0.15) is 24.8 Å². The maximum Gasteiger partial charge on any atom is 0.221 e. The van der Waals surface area contributed by atoms with E-state index in [2.05, 4.69) is 10.6 Å². The molecule has 0 radical (unpaired) electrons. The molecule has 3 N–H and O–H groups in total. The van der Waals surface area contributed by atoms with Crippen LogP contribution < -0.4 is 15.4 Å². The van der Waals surface area contributed by atoms with E-state index in [1.807, 2.05) is 31.2 Å². The van der Waals surface area contributed by atoms with Gasteiger partial charge in [-0.15, -0.1) is 0 Å². The molecule has 0 spiro atoms. The van der Waals surface area contributed by atoms with Crippen molar-refractivity contribution in [1.29, 1.82) is 0 Å². The van der Waals surface area contributed by atoms with Crippen LogP contribution in [0.3, 0.4) is 0 Å². The van der Waals surface area contributed by atoms with Gasteiger partial charge in [0.2, 0.25) is 5.91 Å². The molecule has 1 heterocycles. The molecular weight excluding hydrogens is 268 g/mol. The molecule has 2 rings (SSSR count). The average Bonchev–Trinajstić information content (AvgIpc) is 2.96. The molecule has 5 heteroatoms. The van der Waals surface area contributed by atoms with Crippen LogP contribution in [0.4, 0.5) is 0 Å². The second-order valence-electron chi connectivity index (χ2n) is 5.58. The van der Waals surface area contributed by atoms with E-state index in [0.717, 1.165) is 30.7 Å². The van der Waals surface area contributed by atoms with Gasteiger partial charge < -0.3 is 20.5 Å². The van der Waals surface area contributed by atoms with Gasteiger partial charge in [0.15, 0.2) is 0 Å². The van der Waals surface area contributed by atoms with Crippen molar-refractivity contribution < 1.29 is 14.6 Å². The average molecular weight is 292 g/mol. The monoisotopic (exact) mass is 292 g/mol. The molecule has 1 aliphatic heterocycles. The smallest absolute Gasteiger partial charge is 0.221 e. The van der Waals surface area contributed by atoms with Crippen LogP contribution in [-0.2, 0) is 4.79 Å². The van der Waals surface area contributed by atoms with Crippen molar-refractivity contribution in [3.05, 3.63) is 29.8 Å². The van der Waals surface area contributed by atoms with Crippen molar-refractivity contribution in [2.75, 3.05) is 19.7 Å². The lowest BCUT2D eigenvalue weighted by Gasteiger charge is -2.15. The van der Waals surface area contributed by atoms with Crippen molar-refractivity contribution in [3.63, 3.8) is 0 Å². The molecule has 1 aromatic rings. The number of aliphatic hydroxyl groups excluding tert-OH is 1. The van der Waals surface area contributed by atoms with Gasteiger partial charge in [0.1, 0.15) is 18.5 Å². The molecule has 1 saturated heterocycles. The minimum Gasteiger partial charge on any atom is -0.491 e. The highest BCUT2D eigenvalue weighted by Gasteiger charge is 2.18. The summed E-state index contributed by atoms with van der Waals surface area (Å²) in [6.45, 7) is 3.37. The molecule has 21 heavy (non-hydrogen) atoms. The lowest BCUT2D eigenvalue weighted by atomic mass is 10.1. The van der Waals surface area contributed by atoms with Gasteiger partial charge in [0.25, 0.3) is 0 Å². The first-order chi connectivity index (χ1) is 10.1. The number of hydrogen-bond donors (Lipinski definition) is 3. The van der Waals surface area contributed by atoms with Crippen LogP contribution in [0.15, 0.2) is 24.3 Å². The fourth-order valence-electron chi connectivity index (χ4n) is 2.42. The van der Waals surface area contributed by atoms with Crippen LogP contribution in [-0.4, -0.2) is 42.9 Å². The molecule has 2 atom stereocenters. The Morgan fingerprint density at radius 1 is 1.57 bits per heavy atom. The summed E-state index contributed by atoms with van der Waals surface area (Å²) in [6, 6.07) is 7.94. The van der Waals surface area contributed by atoms with Crippen LogP contribution in [0.25, 0.3) is 0 Å². The molecule has 0 aliphatic carbocycles. The van der Waals surface area contributed by atoms with E-state index < -0.39 is 6.10 Å². The maximum atomic E-state index is 11.7. The van der Waals surface area contributed by atoms with Crippen LogP contribution in [0.2, 0.25) is 0 Å². The number of aliphatic hydroxyl groups is 1. The van der Waals surface area contributed by atoms with E-state index in [4.69, 9.17) is 4.74 Å². The summed E-state index contributed by atoms with van der Waals surface area (Å²) in [5, 5.41) is 15.9.